The molecule has 0 aliphatic heterocycles. The van der Waals surface area contributed by atoms with E-state index in [4.69, 9.17) is 21.5 Å². The van der Waals surface area contributed by atoms with Crippen LogP contribution in [-0.4, -0.2) is 35.6 Å². The molecule has 0 aliphatic carbocycles. The molecule has 0 atom stereocenters. The molecule has 0 unspecified atom stereocenters. The minimum Gasteiger partial charge on any atom is -0.369 e. The number of nitrogens with zero attached hydrogens (tertiary/aromatic N) is 2. The highest BCUT2D eigenvalue weighted by Gasteiger charge is 1.92. The Morgan fingerprint density at radius 1 is 1.45 bits per heavy atom. The average molecular weight is 182 g/mol. The van der Waals surface area contributed by atoms with E-state index in [0.717, 1.165) is 0 Å². The summed E-state index contributed by atoms with van der Waals surface area (Å²) in [6.45, 7) is 0. The van der Waals surface area contributed by atoms with Gasteiger partial charge in [0.1, 0.15) is 0 Å². The number of nitrogens with two attached hydrogens (primary N) is 2. The number of rotatable bonds is 0. The van der Waals surface area contributed by atoms with Gasteiger partial charge in [0.2, 0.25) is 5.96 Å². The third-order valence-corrected chi connectivity index (χ3v) is 0.693. The molecule has 0 aromatic heterocycles. The van der Waals surface area contributed by atoms with Gasteiger partial charge < -0.3 is 16.4 Å². The molecule has 11 heavy (non-hydrogen) atoms. The Labute approximate surface area is 70.1 Å². The van der Waals surface area contributed by atoms with Crippen molar-refractivity contribution in [2.45, 2.75) is 0 Å². The number of aliphatic imine (C=N–C) groups is 1. The summed E-state index contributed by atoms with van der Waals surface area (Å²) < 4.78 is 6.47. The quantitative estimate of drug-likeness (QED) is 0.280. The van der Waals surface area contributed by atoms with E-state index < -0.39 is 0 Å². The Balaban J connectivity index is 0. The second kappa shape index (κ2) is 7.10. The van der Waals surface area contributed by atoms with Gasteiger partial charge in [-0.15, -0.1) is 0 Å². The Kier molecular flexibility index (Phi) is 8.16. The van der Waals surface area contributed by atoms with Crippen molar-refractivity contribution in [3.63, 3.8) is 0 Å². The molecule has 6 nitrogen and oxygen atoms in total. The summed E-state index contributed by atoms with van der Waals surface area (Å²) in [7, 11) is 3.45. The molecule has 66 valence electrons. The lowest BCUT2D eigenvalue weighted by atomic mass is 10.8. The predicted octanol–water partition coefficient (Wildman–Crippen LogP) is -1.11. The number of hydrogen-bond acceptors (Lipinski definition) is 2. The Morgan fingerprint density at radius 3 is 1.91 bits per heavy atom. The van der Waals surface area contributed by atoms with E-state index in [2.05, 4.69) is 16.9 Å². The predicted molar refractivity (Wildman–Crippen MR) is 45.3 cm³/mol. The van der Waals surface area contributed by atoms with Crippen LogP contribution in [0.15, 0.2) is 4.99 Å². The average Bonchev–Trinajstić information content (AvgIpc) is 1.90. The van der Waals surface area contributed by atoms with Crippen LogP contribution in [0.3, 0.4) is 0 Å². The fourth-order valence-electron chi connectivity index (χ4n) is 0.223. The largest absolute Gasteiger partial charge is 0.369 e. The summed E-state index contributed by atoms with van der Waals surface area (Å²) in [6.07, 6.45) is 0. The van der Waals surface area contributed by atoms with Crippen LogP contribution < -0.4 is 11.5 Å². The molecule has 6 N–H and O–H groups in total. The summed E-state index contributed by atoms with van der Waals surface area (Å²) in [5, 5.41) is 6.70. The van der Waals surface area contributed by atoms with Crippen LogP contribution in [0.25, 0.3) is 0 Å². The van der Waals surface area contributed by atoms with Crippen LogP contribution in [0.4, 0.5) is 0 Å². The van der Waals surface area contributed by atoms with E-state index in [0.29, 0.717) is 0 Å². The molecule has 0 radical (unpaired) electrons. The first-order valence-electron chi connectivity index (χ1n) is 2.56. The minimum absolute atomic E-state index is 0.238. The highest BCUT2D eigenvalue weighted by atomic mass is 35.5. The maximum atomic E-state index is 6.70. The van der Waals surface area contributed by atoms with Crippen LogP contribution in [0.5, 0.6) is 0 Å². The fourth-order valence-corrected chi connectivity index (χ4v) is 0.223. The Morgan fingerprint density at radius 2 is 1.82 bits per heavy atom. The van der Waals surface area contributed by atoms with Crippen LogP contribution in [-0.2, 0) is 0 Å². The maximum absolute atomic E-state index is 6.70. The van der Waals surface area contributed by atoms with Crippen molar-refractivity contribution < 1.29 is 4.66 Å². The fraction of sp³-hybridized carbons (Fsp3) is 0.500. The Bertz CT molecular complexity index is 145. The van der Waals surface area contributed by atoms with Gasteiger partial charge in [0, 0.05) is 14.1 Å². The SMILES string of the molecule is CN(C)C(N)=NC(=N)N.OCl. The van der Waals surface area contributed by atoms with Crippen LogP contribution in [0.1, 0.15) is 0 Å². The number of nitrogens with one attached hydrogen (secondary N) is 1. The van der Waals surface area contributed by atoms with Crippen LogP contribution in [0, 0.1) is 5.41 Å². The zero-order valence-electron chi connectivity index (χ0n) is 6.37. The van der Waals surface area contributed by atoms with E-state index in [1.165, 1.54) is 0 Å². The van der Waals surface area contributed by atoms with E-state index in [1.54, 1.807) is 19.0 Å². The van der Waals surface area contributed by atoms with Gasteiger partial charge >= 0.3 is 0 Å². The Hall–Kier alpha value is -1.01. The number of hydrogen-bond donors (Lipinski definition) is 4. The molecule has 0 amide bonds. The highest BCUT2D eigenvalue weighted by molar-refractivity contribution is 6.04. The van der Waals surface area contributed by atoms with Gasteiger partial charge in [-0.1, -0.05) is 0 Å². The van der Waals surface area contributed by atoms with Gasteiger partial charge in [0.15, 0.2) is 5.96 Å². The minimum atomic E-state index is -0.277. The third-order valence-electron chi connectivity index (χ3n) is 0.693. The first-order chi connectivity index (χ1) is 5.04. The second-order valence-corrected chi connectivity index (χ2v) is 1.75. The molecule has 0 aliphatic rings. The van der Waals surface area contributed by atoms with Gasteiger partial charge in [0.05, 0.1) is 11.9 Å². The van der Waals surface area contributed by atoms with Crippen molar-refractivity contribution in [1.29, 1.82) is 5.41 Å². The van der Waals surface area contributed by atoms with E-state index in [1.807, 2.05) is 0 Å². The van der Waals surface area contributed by atoms with Gasteiger partial charge in [-0.25, -0.2) is 0 Å². The standard InChI is InChI=1S/C4H11N5.ClHO/c1-9(2)4(7)8-3(5)6;1-2/h1-2H3,(H5,5,6,7,8);2H. The number of guanidine groups is 2. The highest BCUT2D eigenvalue weighted by Crippen LogP contribution is 1.73. The van der Waals surface area contributed by atoms with Crippen LogP contribution >= 0.6 is 11.9 Å². The van der Waals surface area contributed by atoms with Crippen molar-refractivity contribution in [3.8, 4) is 0 Å². The summed E-state index contributed by atoms with van der Waals surface area (Å²) in [5.41, 5.74) is 10.2. The molecule has 0 saturated heterocycles. The molecular formula is C4H12ClN5O. The monoisotopic (exact) mass is 181 g/mol. The summed E-state index contributed by atoms with van der Waals surface area (Å²) in [6, 6.07) is 0. The topological polar surface area (TPSA) is 112 Å². The van der Waals surface area contributed by atoms with Crippen molar-refractivity contribution in [2.75, 3.05) is 14.1 Å². The first-order valence-corrected chi connectivity index (χ1v) is 2.90. The lowest BCUT2D eigenvalue weighted by Gasteiger charge is -2.08. The van der Waals surface area contributed by atoms with Crippen molar-refractivity contribution in [2.24, 2.45) is 16.5 Å². The summed E-state index contributed by atoms with van der Waals surface area (Å²) in [5.74, 6) is -0.0382. The molecule has 0 saturated carbocycles. The molecular weight excluding hydrogens is 170 g/mol. The molecule has 0 fully saturated rings. The van der Waals surface area contributed by atoms with E-state index in [-0.39, 0.29) is 11.9 Å². The van der Waals surface area contributed by atoms with Gasteiger partial charge in [-0.05, 0) is 0 Å². The lowest BCUT2D eigenvalue weighted by Crippen LogP contribution is -2.32. The van der Waals surface area contributed by atoms with Crippen molar-refractivity contribution >= 4 is 23.8 Å². The van der Waals surface area contributed by atoms with Gasteiger partial charge in [-0.3, -0.25) is 10.1 Å². The maximum Gasteiger partial charge on any atom is 0.215 e. The molecule has 7 heteroatoms. The molecule has 0 spiro atoms. The normalized spacial score (nSPS) is 9.64. The van der Waals surface area contributed by atoms with Crippen molar-refractivity contribution in [3.05, 3.63) is 0 Å². The molecule has 0 aromatic carbocycles. The summed E-state index contributed by atoms with van der Waals surface area (Å²) >= 11 is 3.64. The smallest absolute Gasteiger partial charge is 0.215 e. The van der Waals surface area contributed by atoms with E-state index in [9.17, 15) is 0 Å². The second-order valence-electron chi connectivity index (χ2n) is 1.75. The summed E-state index contributed by atoms with van der Waals surface area (Å²) in [4.78, 5) is 5.03. The van der Waals surface area contributed by atoms with E-state index >= 15 is 0 Å². The molecule has 0 rings (SSSR count). The molecule has 0 bridgehead atoms. The zero-order valence-corrected chi connectivity index (χ0v) is 7.13. The molecule has 0 aromatic rings. The first kappa shape index (κ1) is 12.6. The lowest BCUT2D eigenvalue weighted by molar-refractivity contribution is 0.615. The van der Waals surface area contributed by atoms with Gasteiger partial charge in [-0.2, -0.15) is 4.99 Å². The molecule has 0 heterocycles. The number of halogens is 1. The van der Waals surface area contributed by atoms with Crippen LogP contribution in [0.2, 0.25) is 0 Å². The zero-order chi connectivity index (χ0) is 9.44. The van der Waals surface area contributed by atoms with Crippen molar-refractivity contribution in [1.82, 2.24) is 4.90 Å². The third kappa shape index (κ3) is 8.99. The van der Waals surface area contributed by atoms with Gasteiger partial charge in [0.25, 0.3) is 0 Å².